The van der Waals surface area contributed by atoms with Crippen LogP contribution in [0.3, 0.4) is 0 Å². The van der Waals surface area contributed by atoms with Crippen LogP contribution >= 0.6 is 23.4 Å². The summed E-state index contributed by atoms with van der Waals surface area (Å²) in [6.45, 7) is 0. The lowest BCUT2D eigenvalue weighted by molar-refractivity contribution is -0.123. The van der Waals surface area contributed by atoms with Crippen molar-refractivity contribution >= 4 is 51.7 Å². The Balaban J connectivity index is 1.74. The minimum Gasteiger partial charge on any atom is -0.325 e. The van der Waals surface area contributed by atoms with Gasteiger partial charge in [0.2, 0.25) is 11.8 Å². The molecule has 1 atom stereocenters. The van der Waals surface area contributed by atoms with Crippen molar-refractivity contribution in [3.05, 3.63) is 59.4 Å². The van der Waals surface area contributed by atoms with Crippen LogP contribution in [0.5, 0.6) is 0 Å². The zero-order valence-corrected chi connectivity index (χ0v) is 14.4. The number of nitrogens with zero attached hydrogens (tertiary/aromatic N) is 1. The van der Waals surface area contributed by atoms with Crippen molar-refractivity contribution in [3.63, 3.8) is 0 Å². The first-order chi connectivity index (χ1) is 12.0. The first-order valence-corrected chi connectivity index (χ1v) is 8.63. The van der Waals surface area contributed by atoms with Gasteiger partial charge in [-0.3, -0.25) is 9.59 Å². The number of carbonyl (C=O) groups excluding carboxylic acids is 2. The minimum atomic E-state index is -0.608. The molecule has 0 saturated carbocycles. The molecule has 25 heavy (non-hydrogen) atoms. The van der Waals surface area contributed by atoms with Crippen molar-refractivity contribution in [2.24, 2.45) is 4.99 Å². The van der Waals surface area contributed by atoms with Crippen molar-refractivity contribution in [1.29, 1.82) is 0 Å². The maximum absolute atomic E-state index is 13.2. The van der Waals surface area contributed by atoms with Crippen LogP contribution in [0.2, 0.25) is 5.02 Å². The highest BCUT2D eigenvalue weighted by Gasteiger charge is 2.30. The van der Waals surface area contributed by atoms with Crippen LogP contribution in [0.1, 0.15) is 6.42 Å². The fourth-order valence-corrected chi connectivity index (χ4v) is 3.34. The van der Waals surface area contributed by atoms with Gasteiger partial charge in [0.1, 0.15) is 11.1 Å². The molecule has 8 heteroatoms. The molecule has 128 valence electrons. The van der Waals surface area contributed by atoms with Gasteiger partial charge in [0.25, 0.3) is 0 Å². The average molecular weight is 378 g/mol. The van der Waals surface area contributed by atoms with Gasteiger partial charge in [-0.25, -0.2) is 9.38 Å². The van der Waals surface area contributed by atoms with Crippen LogP contribution in [0.4, 0.5) is 15.8 Å². The van der Waals surface area contributed by atoms with Crippen LogP contribution < -0.4 is 10.6 Å². The first kappa shape index (κ1) is 17.4. The SMILES string of the molecule is O=C1CC(C(=O)Nc2ccccc2)SC(=Nc2ccc(F)c(Cl)c2)N1. The fourth-order valence-electron chi connectivity index (χ4n) is 2.16. The molecule has 1 unspecified atom stereocenters. The molecule has 3 rings (SSSR count). The molecule has 0 spiro atoms. The number of benzene rings is 2. The second-order valence-corrected chi connectivity index (χ2v) is 6.83. The third-order valence-electron chi connectivity index (χ3n) is 3.34. The summed E-state index contributed by atoms with van der Waals surface area (Å²) in [6.07, 6.45) is 0.0481. The maximum Gasteiger partial charge on any atom is 0.238 e. The van der Waals surface area contributed by atoms with Gasteiger partial charge >= 0.3 is 0 Å². The predicted octanol–water partition coefficient (Wildman–Crippen LogP) is 3.73. The molecule has 0 bridgehead atoms. The summed E-state index contributed by atoms with van der Waals surface area (Å²) in [6, 6.07) is 13.0. The number of hydrogen-bond donors (Lipinski definition) is 2. The Morgan fingerprint density at radius 1 is 1.28 bits per heavy atom. The summed E-state index contributed by atoms with van der Waals surface area (Å²) in [5.74, 6) is -1.14. The normalized spacial score (nSPS) is 18.7. The van der Waals surface area contributed by atoms with E-state index in [2.05, 4.69) is 15.6 Å². The lowest BCUT2D eigenvalue weighted by Gasteiger charge is -2.22. The second kappa shape index (κ2) is 7.67. The van der Waals surface area contributed by atoms with E-state index in [1.165, 1.54) is 18.2 Å². The number of rotatable bonds is 3. The lowest BCUT2D eigenvalue weighted by atomic mass is 10.2. The minimum absolute atomic E-state index is 0.0481. The number of thioether (sulfide) groups is 1. The summed E-state index contributed by atoms with van der Waals surface area (Å²) in [4.78, 5) is 28.5. The first-order valence-electron chi connectivity index (χ1n) is 7.37. The van der Waals surface area contributed by atoms with Crippen LogP contribution in [0.25, 0.3) is 0 Å². The van der Waals surface area contributed by atoms with Crippen molar-refractivity contribution in [3.8, 4) is 0 Å². The number of aliphatic imine (C=N–C) groups is 1. The Hall–Kier alpha value is -2.38. The molecule has 0 radical (unpaired) electrons. The van der Waals surface area contributed by atoms with E-state index in [4.69, 9.17) is 11.6 Å². The standard InChI is InChI=1S/C17H13ClFN3O2S/c18-12-8-11(6-7-13(12)19)21-17-22-15(23)9-14(25-17)16(24)20-10-4-2-1-3-5-10/h1-8,14H,9H2,(H,20,24)(H,21,22,23). The van der Waals surface area contributed by atoms with Crippen LogP contribution in [-0.2, 0) is 9.59 Å². The molecule has 2 N–H and O–H groups in total. The molecular formula is C17H13ClFN3O2S. The summed E-state index contributed by atoms with van der Waals surface area (Å²) >= 11 is 6.86. The van der Waals surface area contributed by atoms with E-state index in [0.29, 0.717) is 11.4 Å². The van der Waals surface area contributed by atoms with Crippen molar-refractivity contribution < 1.29 is 14.0 Å². The Morgan fingerprint density at radius 2 is 2.04 bits per heavy atom. The molecule has 1 aliphatic heterocycles. The molecule has 0 aliphatic carbocycles. The second-order valence-electron chi connectivity index (χ2n) is 5.23. The Labute approximate surface area is 152 Å². The van der Waals surface area contributed by atoms with E-state index in [0.717, 1.165) is 11.8 Å². The fraction of sp³-hybridized carbons (Fsp3) is 0.118. The van der Waals surface area contributed by atoms with Crippen LogP contribution in [-0.4, -0.2) is 22.2 Å². The third-order valence-corrected chi connectivity index (χ3v) is 4.71. The number of para-hydroxylation sites is 1. The average Bonchev–Trinajstić information content (AvgIpc) is 2.58. The Kier molecular flexibility index (Phi) is 5.35. The van der Waals surface area contributed by atoms with Gasteiger partial charge in [0, 0.05) is 12.1 Å². The van der Waals surface area contributed by atoms with Gasteiger partial charge in [-0.15, -0.1) is 0 Å². The maximum atomic E-state index is 13.2. The number of halogens is 2. The zero-order chi connectivity index (χ0) is 17.8. The van der Waals surface area contributed by atoms with Gasteiger partial charge < -0.3 is 10.6 Å². The van der Waals surface area contributed by atoms with E-state index in [1.54, 1.807) is 12.1 Å². The molecule has 2 aromatic carbocycles. The zero-order valence-electron chi connectivity index (χ0n) is 12.8. The molecule has 1 fully saturated rings. The quantitative estimate of drug-likeness (QED) is 0.856. The van der Waals surface area contributed by atoms with E-state index in [-0.39, 0.29) is 28.4 Å². The smallest absolute Gasteiger partial charge is 0.238 e. The largest absolute Gasteiger partial charge is 0.325 e. The summed E-state index contributed by atoms with van der Waals surface area (Å²) in [5.41, 5.74) is 1.04. The number of amidine groups is 1. The van der Waals surface area contributed by atoms with Gasteiger partial charge in [-0.1, -0.05) is 41.6 Å². The van der Waals surface area contributed by atoms with Crippen molar-refractivity contribution in [1.82, 2.24) is 5.32 Å². The Bertz CT molecular complexity index is 845. The van der Waals surface area contributed by atoms with E-state index >= 15 is 0 Å². The molecule has 1 saturated heterocycles. The molecule has 2 amide bonds. The van der Waals surface area contributed by atoms with Gasteiger partial charge in [-0.05, 0) is 30.3 Å². The molecule has 2 aromatic rings. The number of nitrogens with one attached hydrogen (secondary N) is 2. The molecular weight excluding hydrogens is 365 g/mol. The summed E-state index contributed by atoms with van der Waals surface area (Å²) in [5, 5.41) is 4.97. The summed E-state index contributed by atoms with van der Waals surface area (Å²) in [7, 11) is 0. The van der Waals surface area contributed by atoms with Gasteiger partial charge in [0.05, 0.1) is 10.7 Å². The highest BCUT2D eigenvalue weighted by Crippen LogP contribution is 2.27. The number of carbonyl (C=O) groups is 2. The molecule has 1 aliphatic rings. The third kappa shape index (κ3) is 4.58. The topological polar surface area (TPSA) is 70.6 Å². The highest BCUT2D eigenvalue weighted by atomic mass is 35.5. The van der Waals surface area contributed by atoms with E-state index < -0.39 is 11.1 Å². The highest BCUT2D eigenvalue weighted by molar-refractivity contribution is 8.15. The van der Waals surface area contributed by atoms with E-state index in [1.807, 2.05) is 18.2 Å². The van der Waals surface area contributed by atoms with Crippen LogP contribution in [0, 0.1) is 5.82 Å². The number of hydrogen-bond acceptors (Lipinski definition) is 4. The van der Waals surface area contributed by atoms with E-state index in [9.17, 15) is 14.0 Å². The van der Waals surface area contributed by atoms with Crippen molar-refractivity contribution in [2.75, 3.05) is 5.32 Å². The van der Waals surface area contributed by atoms with Gasteiger partial charge in [0.15, 0.2) is 5.17 Å². The lowest BCUT2D eigenvalue weighted by Crippen LogP contribution is -2.41. The number of amides is 2. The van der Waals surface area contributed by atoms with Gasteiger partial charge in [-0.2, -0.15) is 0 Å². The monoisotopic (exact) mass is 377 g/mol. The van der Waals surface area contributed by atoms with Crippen molar-refractivity contribution in [2.45, 2.75) is 11.7 Å². The summed E-state index contributed by atoms with van der Waals surface area (Å²) < 4.78 is 13.2. The number of anilines is 1. The molecule has 5 nitrogen and oxygen atoms in total. The van der Waals surface area contributed by atoms with Crippen LogP contribution in [0.15, 0.2) is 53.5 Å². The molecule has 0 aromatic heterocycles. The Morgan fingerprint density at radius 3 is 2.76 bits per heavy atom. The molecule has 1 heterocycles. The predicted molar refractivity (Wildman–Crippen MR) is 97.7 cm³/mol.